The van der Waals surface area contributed by atoms with E-state index < -0.39 is 6.04 Å². The third-order valence-corrected chi connectivity index (χ3v) is 3.40. The Labute approximate surface area is 143 Å². The molecule has 0 radical (unpaired) electrons. The van der Waals surface area contributed by atoms with Crippen molar-refractivity contribution in [2.75, 3.05) is 11.9 Å². The summed E-state index contributed by atoms with van der Waals surface area (Å²) in [6, 6.07) is 14.8. The highest BCUT2D eigenvalue weighted by Gasteiger charge is 2.15. The lowest BCUT2D eigenvalue weighted by molar-refractivity contribution is -0.117. The zero-order valence-corrected chi connectivity index (χ0v) is 14.2. The van der Waals surface area contributed by atoms with E-state index in [9.17, 15) is 4.79 Å². The van der Waals surface area contributed by atoms with Crippen molar-refractivity contribution < 1.29 is 9.53 Å². The number of anilines is 1. The van der Waals surface area contributed by atoms with Crippen molar-refractivity contribution in [2.24, 2.45) is 5.73 Å². The summed E-state index contributed by atoms with van der Waals surface area (Å²) >= 11 is 0. The molecule has 0 saturated heterocycles. The maximum absolute atomic E-state index is 12.2. The van der Waals surface area contributed by atoms with Crippen molar-refractivity contribution in [1.29, 1.82) is 0 Å². The first kappa shape index (κ1) is 19.0. The van der Waals surface area contributed by atoms with Crippen molar-refractivity contribution in [1.82, 2.24) is 0 Å². The van der Waals surface area contributed by atoms with Gasteiger partial charge in [0.05, 0.1) is 12.6 Å². The molecule has 0 aliphatic carbocycles. The van der Waals surface area contributed by atoms with Gasteiger partial charge >= 0.3 is 0 Å². The van der Waals surface area contributed by atoms with Crippen LogP contribution in [-0.2, 0) is 11.2 Å². The number of amides is 1. The molecule has 2 aromatic rings. The van der Waals surface area contributed by atoms with Gasteiger partial charge in [0.2, 0.25) is 5.91 Å². The molecule has 1 atom stereocenters. The van der Waals surface area contributed by atoms with Crippen molar-refractivity contribution in [2.45, 2.75) is 26.3 Å². The second-order valence-electron chi connectivity index (χ2n) is 5.20. The van der Waals surface area contributed by atoms with Crippen molar-refractivity contribution in [3.8, 4) is 5.75 Å². The van der Waals surface area contributed by atoms with Gasteiger partial charge in [-0.2, -0.15) is 0 Å². The number of halogens is 1. The molecule has 0 heterocycles. The molecule has 0 bridgehead atoms. The van der Waals surface area contributed by atoms with E-state index >= 15 is 0 Å². The largest absolute Gasteiger partial charge is 0.494 e. The lowest BCUT2D eigenvalue weighted by atomic mass is 10.1. The molecule has 2 aromatic carbocycles. The predicted molar refractivity (Wildman–Crippen MR) is 96.3 cm³/mol. The van der Waals surface area contributed by atoms with Crippen molar-refractivity contribution in [3.05, 3.63) is 59.7 Å². The van der Waals surface area contributed by atoms with Gasteiger partial charge < -0.3 is 15.8 Å². The Hall–Kier alpha value is -2.04. The van der Waals surface area contributed by atoms with E-state index in [1.54, 1.807) is 0 Å². The summed E-state index contributed by atoms with van der Waals surface area (Å²) in [6.45, 7) is 4.49. The summed E-state index contributed by atoms with van der Waals surface area (Å²) in [4.78, 5) is 12.2. The third-order valence-electron chi connectivity index (χ3n) is 3.40. The summed E-state index contributed by atoms with van der Waals surface area (Å²) in [5.41, 5.74) is 8.75. The van der Waals surface area contributed by atoms with Crippen LogP contribution >= 0.6 is 12.4 Å². The molecule has 1 amide bonds. The lowest BCUT2D eigenvalue weighted by Crippen LogP contribution is -2.37. The molecule has 0 aromatic heterocycles. The molecule has 0 aliphatic rings. The number of hydrogen-bond acceptors (Lipinski definition) is 3. The molecule has 5 heteroatoms. The lowest BCUT2D eigenvalue weighted by Gasteiger charge is -2.14. The van der Waals surface area contributed by atoms with Crippen LogP contribution in [0.25, 0.3) is 0 Å². The Morgan fingerprint density at radius 3 is 2.52 bits per heavy atom. The van der Waals surface area contributed by atoms with E-state index in [1.807, 2.05) is 62.4 Å². The quantitative estimate of drug-likeness (QED) is 0.851. The van der Waals surface area contributed by atoms with E-state index in [2.05, 4.69) is 5.32 Å². The summed E-state index contributed by atoms with van der Waals surface area (Å²) in [5.74, 6) is 0.614. The maximum Gasteiger partial charge on any atom is 0.241 e. The highest BCUT2D eigenvalue weighted by Crippen LogP contribution is 2.21. The maximum atomic E-state index is 12.2. The number of nitrogens with one attached hydrogen (secondary N) is 1. The fourth-order valence-electron chi connectivity index (χ4n) is 2.22. The number of carbonyl (C=O) groups excluding carboxylic acids is 1. The van der Waals surface area contributed by atoms with E-state index in [0.29, 0.717) is 13.0 Å². The zero-order chi connectivity index (χ0) is 15.9. The monoisotopic (exact) mass is 334 g/mol. The highest BCUT2D eigenvalue weighted by atomic mass is 35.5. The number of hydrogen-bond donors (Lipinski definition) is 2. The smallest absolute Gasteiger partial charge is 0.241 e. The van der Waals surface area contributed by atoms with E-state index in [-0.39, 0.29) is 18.3 Å². The molecule has 4 nitrogen and oxygen atoms in total. The summed E-state index contributed by atoms with van der Waals surface area (Å²) in [5, 5.41) is 2.88. The molecule has 0 saturated carbocycles. The Morgan fingerprint density at radius 2 is 1.91 bits per heavy atom. The fraction of sp³-hybridized carbons (Fsp3) is 0.278. The molecule has 1 unspecified atom stereocenters. The SMILES string of the molecule is CCOc1ccc(NC(=O)C(N)Cc2ccccc2)c(C)c1.Cl. The van der Waals surface area contributed by atoms with Crippen LogP contribution in [0.4, 0.5) is 5.69 Å². The number of benzene rings is 2. The summed E-state index contributed by atoms with van der Waals surface area (Å²) in [7, 11) is 0. The highest BCUT2D eigenvalue weighted by molar-refractivity contribution is 5.95. The molecule has 3 N–H and O–H groups in total. The van der Waals surface area contributed by atoms with Gasteiger partial charge in [-0.3, -0.25) is 4.79 Å². The Balaban J connectivity index is 0.00000264. The molecule has 0 aliphatic heterocycles. The van der Waals surface area contributed by atoms with Crippen LogP contribution in [0.3, 0.4) is 0 Å². The first-order chi connectivity index (χ1) is 10.6. The number of carbonyl (C=O) groups is 1. The van der Waals surface area contributed by atoms with Crippen molar-refractivity contribution in [3.63, 3.8) is 0 Å². The second-order valence-corrected chi connectivity index (χ2v) is 5.20. The average molecular weight is 335 g/mol. The van der Waals surface area contributed by atoms with Gasteiger partial charge in [-0.15, -0.1) is 12.4 Å². The Kier molecular flexibility index (Phi) is 7.59. The van der Waals surface area contributed by atoms with E-state index in [0.717, 1.165) is 22.6 Å². The molecule has 0 fully saturated rings. The Morgan fingerprint density at radius 1 is 1.22 bits per heavy atom. The number of ether oxygens (including phenoxy) is 1. The Bertz CT molecular complexity index is 632. The van der Waals surface area contributed by atoms with Gasteiger partial charge in [-0.25, -0.2) is 0 Å². The molecule has 23 heavy (non-hydrogen) atoms. The van der Waals surface area contributed by atoms with Crippen LogP contribution in [0, 0.1) is 6.92 Å². The second kappa shape index (κ2) is 9.18. The fourth-order valence-corrected chi connectivity index (χ4v) is 2.22. The molecular formula is C18H23ClN2O2. The standard InChI is InChI=1S/C18H22N2O2.ClH/c1-3-22-15-9-10-17(13(2)11-15)20-18(21)16(19)12-14-7-5-4-6-8-14;/h4-11,16H,3,12,19H2,1-2H3,(H,20,21);1H. The minimum atomic E-state index is -0.576. The minimum Gasteiger partial charge on any atom is -0.494 e. The number of nitrogens with two attached hydrogens (primary N) is 1. The van der Waals surface area contributed by atoms with Crippen LogP contribution in [0.5, 0.6) is 5.75 Å². The average Bonchev–Trinajstić information content (AvgIpc) is 2.51. The van der Waals surface area contributed by atoms with Crippen LogP contribution in [0.2, 0.25) is 0 Å². The van der Waals surface area contributed by atoms with E-state index in [4.69, 9.17) is 10.5 Å². The predicted octanol–water partition coefficient (Wildman–Crippen LogP) is 3.32. The van der Waals surface area contributed by atoms with Gasteiger partial charge in [0.15, 0.2) is 0 Å². The normalized spacial score (nSPS) is 11.3. The van der Waals surface area contributed by atoms with Crippen LogP contribution in [-0.4, -0.2) is 18.6 Å². The summed E-state index contributed by atoms with van der Waals surface area (Å²) < 4.78 is 5.44. The first-order valence-electron chi connectivity index (χ1n) is 7.44. The molecule has 2 rings (SSSR count). The van der Waals surface area contributed by atoms with Gasteiger partial charge in [0, 0.05) is 5.69 Å². The van der Waals surface area contributed by atoms with Gasteiger partial charge in [0.25, 0.3) is 0 Å². The molecule has 0 spiro atoms. The van der Waals surface area contributed by atoms with Crippen LogP contribution < -0.4 is 15.8 Å². The van der Waals surface area contributed by atoms with Crippen molar-refractivity contribution >= 4 is 24.0 Å². The molecular weight excluding hydrogens is 312 g/mol. The first-order valence-corrected chi connectivity index (χ1v) is 7.44. The third kappa shape index (κ3) is 5.58. The van der Waals surface area contributed by atoms with Gasteiger partial charge in [-0.1, -0.05) is 30.3 Å². The topological polar surface area (TPSA) is 64.3 Å². The van der Waals surface area contributed by atoms with Gasteiger partial charge in [-0.05, 0) is 49.6 Å². The van der Waals surface area contributed by atoms with E-state index in [1.165, 1.54) is 0 Å². The molecule has 124 valence electrons. The minimum absolute atomic E-state index is 0. The number of rotatable bonds is 6. The van der Waals surface area contributed by atoms with Gasteiger partial charge in [0.1, 0.15) is 5.75 Å². The van der Waals surface area contributed by atoms with Crippen LogP contribution in [0.1, 0.15) is 18.1 Å². The van der Waals surface area contributed by atoms with Crippen LogP contribution in [0.15, 0.2) is 48.5 Å². The summed E-state index contributed by atoms with van der Waals surface area (Å²) in [6.07, 6.45) is 0.517. The zero-order valence-electron chi connectivity index (χ0n) is 13.4. The number of aryl methyl sites for hydroxylation is 1.